The molecule has 0 amide bonds. The van der Waals surface area contributed by atoms with Crippen LogP contribution in [0.3, 0.4) is 0 Å². The lowest BCUT2D eigenvalue weighted by molar-refractivity contribution is 0.184. The summed E-state index contributed by atoms with van der Waals surface area (Å²) in [4.78, 5) is 0. The highest BCUT2D eigenvalue weighted by Gasteiger charge is 2.07. The SMILES string of the molecule is C#CCC(O)c1ccc(F)c(C)c1. The lowest BCUT2D eigenvalue weighted by atomic mass is 10.0. The zero-order chi connectivity index (χ0) is 9.84. The minimum atomic E-state index is -0.690. The maximum atomic E-state index is 12.8. The summed E-state index contributed by atoms with van der Waals surface area (Å²) in [6.45, 7) is 1.65. The molecule has 0 aliphatic heterocycles. The number of halogens is 1. The molecular formula is C11H11FO. The van der Waals surface area contributed by atoms with Gasteiger partial charge < -0.3 is 5.11 Å². The van der Waals surface area contributed by atoms with Crippen LogP contribution in [-0.2, 0) is 0 Å². The standard InChI is InChI=1S/C11H11FO/c1-3-4-11(13)9-5-6-10(12)8(2)7-9/h1,5-7,11,13H,4H2,2H3. The minimum absolute atomic E-state index is 0.255. The van der Waals surface area contributed by atoms with Gasteiger partial charge >= 0.3 is 0 Å². The van der Waals surface area contributed by atoms with Gasteiger partial charge in [0, 0.05) is 6.42 Å². The molecule has 0 bridgehead atoms. The molecule has 1 aromatic rings. The van der Waals surface area contributed by atoms with E-state index in [2.05, 4.69) is 5.92 Å². The monoisotopic (exact) mass is 178 g/mol. The number of aliphatic hydroxyl groups excluding tert-OH is 1. The van der Waals surface area contributed by atoms with E-state index < -0.39 is 6.10 Å². The number of rotatable bonds is 2. The first-order chi connectivity index (χ1) is 6.15. The molecule has 0 radical (unpaired) electrons. The van der Waals surface area contributed by atoms with Crippen molar-refractivity contribution in [3.8, 4) is 12.3 Å². The lowest BCUT2D eigenvalue weighted by Gasteiger charge is -2.08. The molecule has 0 aliphatic carbocycles. The highest BCUT2D eigenvalue weighted by Crippen LogP contribution is 2.18. The zero-order valence-corrected chi connectivity index (χ0v) is 7.42. The molecule has 0 saturated heterocycles. The molecule has 1 rings (SSSR count). The average molecular weight is 178 g/mol. The third kappa shape index (κ3) is 2.30. The summed E-state index contributed by atoms with van der Waals surface area (Å²) in [6, 6.07) is 4.49. The number of benzene rings is 1. The molecule has 2 heteroatoms. The van der Waals surface area contributed by atoms with Gasteiger partial charge in [-0.1, -0.05) is 12.1 Å². The molecule has 1 nitrogen and oxygen atoms in total. The van der Waals surface area contributed by atoms with E-state index in [-0.39, 0.29) is 12.2 Å². The first-order valence-electron chi connectivity index (χ1n) is 4.02. The molecule has 68 valence electrons. The van der Waals surface area contributed by atoms with Crippen molar-refractivity contribution < 1.29 is 9.50 Å². The third-order valence-electron chi connectivity index (χ3n) is 1.88. The molecule has 1 aromatic carbocycles. The first kappa shape index (κ1) is 9.76. The average Bonchev–Trinajstić information content (AvgIpc) is 2.10. The summed E-state index contributed by atoms with van der Waals surface area (Å²) >= 11 is 0. The van der Waals surface area contributed by atoms with E-state index in [1.165, 1.54) is 6.07 Å². The van der Waals surface area contributed by atoms with E-state index in [0.717, 1.165) is 0 Å². The number of hydrogen-bond acceptors (Lipinski definition) is 1. The van der Waals surface area contributed by atoms with Crippen LogP contribution in [0.4, 0.5) is 4.39 Å². The van der Waals surface area contributed by atoms with Crippen LogP contribution in [0.1, 0.15) is 23.7 Å². The Hall–Kier alpha value is -1.33. The molecule has 13 heavy (non-hydrogen) atoms. The van der Waals surface area contributed by atoms with E-state index in [0.29, 0.717) is 11.1 Å². The van der Waals surface area contributed by atoms with Gasteiger partial charge in [-0.15, -0.1) is 12.3 Å². The van der Waals surface area contributed by atoms with Gasteiger partial charge in [-0.2, -0.15) is 0 Å². The van der Waals surface area contributed by atoms with Crippen molar-refractivity contribution in [1.29, 1.82) is 0 Å². The molecule has 1 atom stereocenters. The Balaban J connectivity index is 2.91. The molecule has 0 saturated carbocycles. The molecule has 0 spiro atoms. The molecule has 0 aliphatic rings. The Morgan fingerprint density at radius 3 is 2.85 bits per heavy atom. The van der Waals surface area contributed by atoms with E-state index in [4.69, 9.17) is 6.42 Å². The number of terminal acetylenes is 1. The van der Waals surface area contributed by atoms with Crippen LogP contribution in [0, 0.1) is 25.1 Å². The second-order valence-corrected chi connectivity index (χ2v) is 2.93. The van der Waals surface area contributed by atoms with Gasteiger partial charge in [0.15, 0.2) is 0 Å². The number of aliphatic hydroxyl groups is 1. The van der Waals surface area contributed by atoms with Crippen LogP contribution < -0.4 is 0 Å². The predicted octanol–water partition coefficient (Wildman–Crippen LogP) is 2.19. The van der Waals surface area contributed by atoms with Gasteiger partial charge in [-0.3, -0.25) is 0 Å². The Labute approximate surface area is 77.2 Å². The fraction of sp³-hybridized carbons (Fsp3) is 0.273. The Morgan fingerprint density at radius 2 is 2.31 bits per heavy atom. The van der Waals surface area contributed by atoms with E-state index in [1.54, 1.807) is 19.1 Å². The highest BCUT2D eigenvalue weighted by molar-refractivity contribution is 5.26. The molecule has 0 aromatic heterocycles. The Bertz CT molecular complexity index is 338. The summed E-state index contributed by atoms with van der Waals surface area (Å²) in [7, 11) is 0. The normalized spacial score (nSPS) is 12.2. The van der Waals surface area contributed by atoms with Gasteiger partial charge in [0.25, 0.3) is 0 Å². The molecular weight excluding hydrogens is 167 g/mol. The van der Waals surface area contributed by atoms with Gasteiger partial charge in [0.2, 0.25) is 0 Å². The molecule has 1 N–H and O–H groups in total. The van der Waals surface area contributed by atoms with Gasteiger partial charge in [0.1, 0.15) is 5.82 Å². The van der Waals surface area contributed by atoms with E-state index >= 15 is 0 Å². The highest BCUT2D eigenvalue weighted by atomic mass is 19.1. The molecule has 0 heterocycles. The smallest absolute Gasteiger partial charge is 0.126 e. The van der Waals surface area contributed by atoms with Crippen LogP contribution in [0.5, 0.6) is 0 Å². The Kier molecular flexibility index (Phi) is 3.05. The van der Waals surface area contributed by atoms with Crippen LogP contribution >= 0.6 is 0 Å². The van der Waals surface area contributed by atoms with E-state index in [1.807, 2.05) is 0 Å². The van der Waals surface area contributed by atoms with Gasteiger partial charge in [-0.05, 0) is 24.1 Å². The second-order valence-electron chi connectivity index (χ2n) is 2.93. The van der Waals surface area contributed by atoms with Crippen molar-refractivity contribution in [3.63, 3.8) is 0 Å². The summed E-state index contributed by atoms with van der Waals surface area (Å²) in [6.07, 6.45) is 4.62. The van der Waals surface area contributed by atoms with Crippen molar-refractivity contribution in [2.45, 2.75) is 19.4 Å². The van der Waals surface area contributed by atoms with Gasteiger partial charge in [0.05, 0.1) is 6.10 Å². The summed E-state index contributed by atoms with van der Waals surface area (Å²) in [5, 5.41) is 9.47. The number of hydrogen-bond donors (Lipinski definition) is 1. The van der Waals surface area contributed by atoms with Crippen LogP contribution in [0.25, 0.3) is 0 Å². The minimum Gasteiger partial charge on any atom is -0.387 e. The van der Waals surface area contributed by atoms with Crippen molar-refractivity contribution >= 4 is 0 Å². The first-order valence-corrected chi connectivity index (χ1v) is 4.02. The van der Waals surface area contributed by atoms with Crippen LogP contribution in [0.2, 0.25) is 0 Å². The van der Waals surface area contributed by atoms with Crippen LogP contribution in [0.15, 0.2) is 18.2 Å². The summed E-state index contributed by atoms with van der Waals surface area (Å²) in [5.74, 6) is 2.09. The second kappa shape index (κ2) is 4.06. The fourth-order valence-corrected chi connectivity index (χ4v) is 1.10. The van der Waals surface area contributed by atoms with Crippen molar-refractivity contribution in [3.05, 3.63) is 35.1 Å². The zero-order valence-electron chi connectivity index (χ0n) is 7.42. The predicted molar refractivity (Wildman–Crippen MR) is 49.5 cm³/mol. The van der Waals surface area contributed by atoms with Crippen molar-refractivity contribution in [1.82, 2.24) is 0 Å². The maximum Gasteiger partial charge on any atom is 0.126 e. The summed E-state index contributed by atoms with van der Waals surface area (Å²) < 4.78 is 12.8. The quantitative estimate of drug-likeness (QED) is 0.688. The summed E-state index contributed by atoms with van der Waals surface area (Å²) in [5.41, 5.74) is 1.19. The maximum absolute atomic E-state index is 12.8. The van der Waals surface area contributed by atoms with Gasteiger partial charge in [-0.25, -0.2) is 4.39 Å². The van der Waals surface area contributed by atoms with E-state index in [9.17, 15) is 9.50 Å². The third-order valence-corrected chi connectivity index (χ3v) is 1.88. The topological polar surface area (TPSA) is 20.2 Å². The lowest BCUT2D eigenvalue weighted by Crippen LogP contribution is -1.97. The van der Waals surface area contributed by atoms with Crippen molar-refractivity contribution in [2.75, 3.05) is 0 Å². The Morgan fingerprint density at radius 1 is 1.62 bits per heavy atom. The van der Waals surface area contributed by atoms with Crippen molar-refractivity contribution in [2.24, 2.45) is 0 Å². The fourth-order valence-electron chi connectivity index (χ4n) is 1.10. The van der Waals surface area contributed by atoms with Crippen LogP contribution in [-0.4, -0.2) is 5.11 Å². The molecule has 1 unspecified atom stereocenters. The number of aryl methyl sites for hydroxylation is 1. The molecule has 0 fully saturated rings. The largest absolute Gasteiger partial charge is 0.387 e.